The van der Waals surface area contributed by atoms with E-state index in [4.69, 9.17) is 0 Å². The van der Waals surface area contributed by atoms with E-state index in [1.165, 1.54) is 18.3 Å². The van der Waals surface area contributed by atoms with Crippen LogP contribution in [-0.2, 0) is 10.0 Å². The van der Waals surface area contributed by atoms with Crippen molar-refractivity contribution in [3.63, 3.8) is 0 Å². The van der Waals surface area contributed by atoms with Crippen LogP contribution >= 0.6 is 0 Å². The average Bonchev–Trinajstić information content (AvgIpc) is 2.82. The molecular weight excluding hydrogens is 466 g/mol. The summed E-state index contributed by atoms with van der Waals surface area (Å²) in [6.45, 7) is 3.47. The first-order valence-corrected chi connectivity index (χ1v) is 11.7. The molecule has 1 heterocycles. The van der Waals surface area contributed by atoms with Gasteiger partial charge in [0.1, 0.15) is 22.2 Å². The molecule has 2 aromatic carbocycles. The van der Waals surface area contributed by atoms with E-state index in [0.717, 1.165) is 34.6 Å². The Morgan fingerprint density at radius 1 is 0.912 bits per heavy atom. The molecule has 0 spiro atoms. The maximum absolute atomic E-state index is 14.4. The van der Waals surface area contributed by atoms with Crippen molar-refractivity contribution in [3.8, 4) is 0 Å². The number of rotatable bonds is 8. The lowest BCUT2D eigenvalue weighted by Crippen LogP contribution is -2.31. The van der Waals surface area contributed by atoms with Gasteiger partial charge in [0.25, 0.3) is 11.8 Å². The molecule has 11 heteroatoms. The van der Waals surface area contributed by atoms with Crippen LogP contribution in [0.2, 0.25) is 0 Å². The van der Waals surface area contributed by atoms with Gasteiger partial charge in [0.2, 0.25) is 10.0 Å². The predicted molar refractivity (Wildman–Crippen MR) is 123 cm³/mol. The number of halogens is 2. The summed E-state index contributed by atoms with van der Waals surface area (Å²) in [5, 5.41) is 4.98. The van der Waals surface area contributed by atoms with E-state index in [1.54, 1.807) is 26.0 Å². The van der Waals surface area contributed by atoms with Gasteiger partial charge < -0.3 is 10.6 Å². The molecule has 8 nitrogen and oxygen atoms in total. The van der Waals surface area contributed by atoms with Crippen molar-refractivity contribution in [1.29, 1.82) is 0 Å². The fourth-order valence-corrected chi connectivity index (χ4v) is 4.70. The largest absolute Gasteiger partial charge is 0.320 e. The fourth-order valence-electron chi connectivity index (χ4n) is 3.15. The molecule has 0 radical (unpaired) electrons. The van der Waals surface area contributed by atoms with Gasteiger partial charge in [-0.05, 0) is 48.5 Å². The number of pyridine rings is 1. The summed E-state index contributed by atoms with van der Waals surface area (Å²) in [6.07, 6.45) is 1.43. The molecule has 0 aliphatic carbocycles. The number of anilines is 2. The molecule has 178 valence electrons. The molecular formula is C23H22F2N4O4S. The molecule has 0 saturated carbocycles. The maximum Gasteiger partial charge on any atom is 0.274 e. The predicted octanol–water partition coefficient (Wildman–Crippen LogP) is 3.89. The first-order valence-electron chi connectivity index (χ1n) is 10.3. The van der Waals surface area contributed by atoms with Gasteiger partial charge in [0.15, 0.2) is 0 Å². The van der Waals surface area contributed by atoms with Crippen molar-refractivity contribution in [3.05, 3.63) is 83.7 Å². The Morgan fingerprint density at radius 3 is 2.26 bits per heavy atom. The number of sulfonamides is 1. The molecule has 0 aliphatic heterocycles. The van der Waals surface area contributed by atoms with Crippen LogP contribution in [0.4, 0.5) is 20.2 Å². The van der Waals surface area contributed by atoms with E-state index < -0.39 is 38.4 Å². The second-order valence-corrected chi connectivity index (χ2v) is 8.95. The second-order valence-electron chi connectivity index (χ2n) is 7.05. The van der Waals surface area contributed by atoms with Gasteiger partial charge in [-0.25, -0.2) is 17.2 Å². The lowest BCUT2D eigenvalue weighted by atomic mass is 10.2. The Bertz CT molecular complexity index is 1310. The smallest absolute Gasteiger partial charge is 0.274 e. The van der Waals surface area contributed by atoms with Crippen LogP contribution in [0.3, 0.4) is 0 Å². The summed E-state index contributed by atoms with van der Waals surface area (Å²) < 4.78 is 54.8. The van der Waals surface area contributed by atoms with Crippen LogP contribution in [0.5, 0.6) is 0 Å². The zero-order chi connectivity index (χ0) is 24.9. The molecule has 2 amide bonds. The SMILES string of the molecule is CCN(CC)S(=O)(=O)c1cc(C(=O)Nc2cc(F)ccc2NC(=O)c2ccccn2)ccc1F. The van der Waals surface area contributed by atoms with Gasteiger partial charge in [0.05, 0.1) is 11.4 Å². The van der Waals surface area contributed by atoms with E-state index in [-0.39, 0.29) is 35.7 Å². The third-order valence-electron chi connectivity index (χ3n) is 4.89. The van der Waals surface area contributed by atoms with Crippen molar-refractivity contribution in [2.45, 2.75) is 18.7 Å². The highest BCUT2D eigenvalue weighted by molar-refractivity contribution is 7.89. The molecule has 3 aromatic rings. The Hall–Kier alpha value is -3.70. The van der Waals surface area contributed by atoms with Crippen LogP contribution in [-0.4, -0.2) is 42.6 Å². The van der Waals surface area contributed by atoms with E-state index in [0.29, 0.717) is 0 Å². The monoisotopic (exact) mass is 488 g/mol. The molecule has 0 fully saturated rings. The third kappa shape index (κ3) is 5.43. The number of carbonyl (C=O) groups is 2. The summed E-state index contributed by atoms with van der Waals surface area (Å²) in [7, 11) is -4.17. The number of nitrogens with zero attached hydrogens (tertiary/aromatic N) is 2. The van der Waals surface area contributed by atoms with Crippen molar-refractivity contribution in [2.75, 3.05) is 23.7 Å². The van der Waals surface area contributed by atoms with E-state index >= 15 is 0 Å². The molecule has 34 heavy (non-hydrogen) atoms. The Kier molecular flexibility index (Phi) is 7.69. The molecule has 0 atom stereocenters. The fraction of sp³-hybridized carbons (Fsp3) is 0.174. The minimum atomic E-state index is -4.17. The molecule has 0 bridgehead atoms. The first kappa shape index (κ1) is 24.9. The Morgan fingerprint density at radius 2 is 1.62 bits per heavy atom. The van der Waals surface area contributed by atoms with Crippen molar-refractivity contribution in [1.82, 2.24) is 9.29 Å². The molecule has 0 aliphatic rings. The van der Waals surface area contributed by atoms with Crippen molar-refractivity contribution >= 4 is 33.2 Å². The maximum atomic E-state index is 14.4. The van der Waals surface area contributed by atoms with Crippen LogP contribution in [0.25, 0.3) is 0 Å². The highest BCUT2D eigenvalue weighted by Crippen LogP contribution is 2.26. The van der Waals surface area contributed by atoms with Crippen molar-refractivity contribution in [2.24, 2.45) is 0 Å². The summed E-state index contributed by atoms with van der Waals surface area (Å²) in [5.74, 6) is -3.10. The van der Waals surface area contributed by atoms with Crippen LogP contribution in [0, 0.1) is 11.6 Å². The van der Waals surface area contributed by atoms with E-state index in [2.05, 4.69) is 15.6 Å². The topological polar surface area (TPSA) is 108 Å². The number of hydrogen-bond donors (Lipinski definition) is 2. The number of carbonyl (C=O) groups excluding carboxylic acids is 2. The highest BCUT2D eigenvalue weighted by Gasteiger charge is 2.26. The number of aromatic nitrogens is 1. The van der Waals surface area contributed by atoms with E-state index in [9.17, 15) is 26.8 Å². The Balaban J connectivity index is 1.90. The third-order valence-corrected chi connectivity index (χ3v) is 6.96. The van der Waals surface area contributed by atoms with Crippen LogP contribution in [0.1, 0.15) is 34.7 Å². The zero-order valence-electron chi connectivity index (χ0n) is 18.4. The number of hydrogen-bond acceptors (Lipinski definition) is 5. The zero-order valence-corrected chi connectivity index (χ0v) is 19.2. The van der Waals surface area contributed by atoms with Gasteiger partial charge in [-0.1, -0.05) is 19.9 Å². The molecule has 1 aromatic heterocycles. The van der Waals surface area contributed by atoms with Crippen LogP contribution in [0.15, 0.2) is 65.7 Å². The van der Waals surface area contributed by atoms with Crippen molar-refractivity contribution < 1.29 is 26.8 Å². The summed E-state index contributed by atoms with van der Waals surface area (Å²) in [5.41, 5.74) is -0.0532. The van der Waals surface area contributed by atoms with Gasteiger partial charge in [-0.2, -0.15) is 4.31 Å². The summed E-state index contributed by atoms with van der Waals surface area (Å²) in [6, 6.07) is 11.0. The molecule has 2 N–H and O–H groups in total. The second kappa shape index (κ2) is 10.5. The van der Waals surface area contributed by atoms with Gasteiger partial charge in [0, 0.05) is 24.8 Å². The van der Waals surface area contributed by atoms with Crippen LogP contribution < -0.4 is 10.6 Å². The highest BCUT2D eigenvalue weighted by atomic mass is 32.2. The Labute approximate surface area is 195 Å². The molecule has 0 unspecified atom stereocenters. The lowest BCUT2D eigenvalue weighted by molar-refractivity contribution is 0.101. The number of nitrogens with one attached hydrogen (secondary N) is 2. The minimum Gasteiger partial charge on any atom is -0.320 e. The molecule has 0 saturated heterocycles. The first-order chi connectivity index (χ1) is 16.2. The minimum absolute atomic E-state index is 0.0771. The summed E-state index contributed by atoms with van der Waals surface area (Å²) in [4.78, 5) is 28.6. The van der Waals surface area contributed by atoms with Gasteiger partial charge >= 0.3 is 0 Å². The average molecular weight is 489 g/mol. The van der Waals surface area contributed by atoms with Gasteiger partial charge in [-0.3, -0.25) is 14.6 Å². The standard InChI is InChI=1S/C23H22F2N4O4S/c1-3-29(4-2)34(32,33)21-13-15(8-10-17(21)25)22(30)28-20-14-16(24)9-11-18(20)27-23(31)19-7-5-6-12-26-19/h5-14H,3-4H2,1-2H3,(H,27,31)(H,28,30). The lowest BCUT2D eigenvalue weighted by Gasteiger charge is -2.19. The molecule has 3 rings (SSSR count). The summed E-state index contributed by atoms with van der Waals surface area (Å²) >= 11 is 0. The quantitative estimate of drug-likeness (QED) is 0.500. The normalized spacial score (nSPS) is 11.3. The van der Waals surface area contributed by atoms with Gasteiger partial charge in [-0.15, -0.1) is 0 Å². The number of amides is 2. The van der Waals surface area contributed by atoms with E-state index in [1.807, 2.05) is 0 Å². The number of benzene rings is 2.